The van der Waals surface area contributed by atoms with Crippen molar-refractivity contribution in [3.05, 3.63) is 76.1 Å². The summed E-state index contributed by atoms with van der Waals surface area (Å²) in [7, 11) is 0. The Morgan fingerprint density at radius 3 is 2.50 bits per heavy atom. The van der Waals surface area contributed by atoms with Gasteiger partial charge >= 0.3 is 5.63 Å². The summed E-state index contributed by atoms with van der Waals surface area (Å²) in [5.74, 6) is -0.552. The van der Waals surface area contributed by atoms with E-state index in [1.165, 1.54) is 12.8 Å². The van der Waals surface area contributed by atoms with Gasteiger partial charge < -0.3 is 19.6 Å². The molecule has 4 rings (SSSR count). The lowest BCUT2D eigenvalue weighted by molar-refractivity contribution is 0.310. The van der Waals surface area contributed by atoms with Crippen molar-refractivity contribution in [3.63, 3.8) is 0 Å². The molecular weight excluding hydrogens is 380 g/mol. The van der Waals surface area contributed by atoms with Crippen LogP contribution in [-0.2, 0) is 0 Å². The quantitative estimate of drug-likeness (QED) is 0.264. The number of rotatable bonds is 7. The van der Waals surface area contributed by atoms with E-state index in [0.29, 0.717) is 29.5 Å². The van der Waals surface area contributed by atoms with E-state index >= 15 is 0 Å². The molecule has 1 aromatic heterocycles. The minimum Gasteiger partial charge on any atom is -0.507 e. The zero-order chi connectivity index (χ0) is 20.9. The summed E-state index contributed by atoms with van der Waals surface area (Å²) in [4.78, 5) is 15.2. The van der Waals surface area contributed by atoms with Crippen molar-refractivity contribution >= 4 is 16.7 Å². The highest BCUT2D eigenvalue weighted by Crippen LogP contribution is 2.36. The number of para-hydroxylation sites is 1. The summed E-state index contributed by atoms with van der Waals surface area (Å²) in [6.45, 7) is 2.95. The van der Waals surface area contributed by atoms with Crippen LogP contribution in [0.3, 0.4) is 0 Å². The highest BCUT2D eigenvalue weighted by atomic mass is 16.4. The van der Waals surface area contributed by atoms with Crippen LogP contribution in [0.25, 0.3) is 11.0 Å². The highest BCUT2D eigenvalue weighted by molar-refractivity contribution is 5.87. The van der Waals surface area contributed by atoms with E-state index < -0.39 is 11.5 Å². The van der Waals surface area contributed by atoms with Crippen molar-refractivity contribution < 1.29 is 14.7 Å². The van der Waals surface area contributed by atoms with Gasteiger partial charge in [-0.25, -0.2) is 4.79 Å². The Bertz CT molecular complexity index is 1090. The van der Waals surface area contributed by atoms with Gasteiger partial charge in [0.05, 0.1) is 16.7 Å². The second kappa shape index (κ2) is 9.13. The molecule has 3 aromatic rings. The lowest BCUT2D eigenvalue weighted by Gasteiger charge is -2.20. The highest BCUT2D eigenvalue weighted by Gasteiger charge is 2.26. The van der Waals surface area contributed by atoms with Crippen molar-refractivity contribution in [1.29, 1.82) is 0 Å². The van der Waals surface area contributed by atoms with Crippen LogP contribution in [0.5, 0.6) is 5.75 Å². The summed E-state index contributed by atoms with van der Waals surface area (Å²) in [5, 5.41) is 24.7. The van der Waals surface area contributed by atoms with Crippen LogP contribution in [-0.4, -0.2) is 40.6 Å². The second-order valence-electron chi connectivity index (χ2n) is 7.78. The molecule has 0 spiro atoms. The van der Waals surface area contributed by atoms with Crippen molar-refractivity contribution in [3.8, 4) is 5.75 Å². The first-order valence-corrected chi connectivity index (χ1v) is 10.4. The Hall–Kier alpha value is -3.12. The fourth-order valence-electron chi connectivity index (χ4n) is 4.25. The lowest BCUT2D eigenvalue weighted by Crippen LogP contribution is -2.24. The molecule has 156 valence electrons. The number of hydrogen-bond donors (Lipinski definition) is 2. The summed E-state index contributed by atoms with van der Waals surface area (Å²) < 4.78 is 5.51. The molecule has 1 saturated heterocycles. The Morgan fingerprint density at radius 1 is 1.07 bits per heavy atom. The third-order valence-corrected chi connectivity index (χ3v) is 5.87. The van der Waals surface area contributed by atoms with Gasteiger partial charge in [0, 0.05) is 25.3 Å². The van der Waals surface area contributed by atoms with Crippen LogP contribution in [0.1, 0.15) is 42.7 Å². The van der Waals surface area contributed by atoms with E-state index in [9.17, 15) is 15.1 Å². The van der Waals surface area contributed by atoms with Crippen molar-refractivity contribution in [1.82, 2.24) is 4.90 Å². The van der Waals surface area contributed by atoms with E-state index in [1.54, 1.807) is 24.3 Å². The first kappa shape index (κ1) is 20.2. The van der Waals surface area contributed by atoms with Crippen LogP contribution in [0.15, 0.2) is 69.0 Å². The van der Waals surface area contributed by atoms with Gasteiger partial charge in [0.25, 0.3) is 0 Å². The number of hydrogen-bond acceptors (Lipinski definition) is 6. The topological polar surface area (TPSA) is 86.3 Å². The minimum atomic E-state index is -0.572. The largest absolute Gasteiger partial charge is 0.507 e. The predicted octanol–water partition coefficient (Wildman–Crippen LogP) is 4.34. The molecule has 30 heavy (non-hydrogen) atoms. The van der Waals surface area contributed by atoms with Gasteiger partial charge in [-0.3, -0.25) is 0 Å². The molecule has 0 saturated carbocycles. The molecule has 1 aliphatic heterocycles. The maximum Gasteiger partial charge on any atom is 0.343 e. The first-order chi connectivity index (χ1) is 14.7. The molecule has 2 N–H and O–H groups in total. The number of benzene rings is 2. The van der Waals surface area contributed by atoms with Crippen LogP contribution in [0.4, 0.5) is 0 Å². The number of likely N-dealkylation sites (tertiary alicyclic amines) is 1. The molecule has 0 aliphatic carbocycles. The van der Waals surface area contributed by atoms with Crippen molar-refractivity contribution in [2.24, 2.45) is 5.16 Å². The maximum absolute atomic E-state index is 12.9. The Kier molecular flexibility index (Phi) is 6.14. The minimum absolute atomic E-state index is 0.0764. The smallest absolute Gasteiger partial charge is 0.343 e. The average Bonchev–Trinajstić information content (AvgIpc) is 3.29. The standard InChI is InChI=1S/C24H26N2O4/c27-23-19-10-4-5-11-21(19)30-24(28)22(23)20(17-8-2-1-3-9-17)16-18(25-29)12-15-26-13-6-7-14-26/h1-5,8-11,20,27,29H,6-7,12-16H2/b25-18+/t20-/m0/s1. The summed E-state index contributed by atoms with van der Waals surface area (Å²) >= 11 is 0. The Labute approximate surface area is 175 Å². The van der Waals surface area contributed by atoms with Gasteiger partial charge in [0.1, 0.15) is 11.3 Å². The molecule has 1 fully saturated rings. The molecule has 6 heteroatoms. The van der Waals surface area contributed by atoms with E-state index in [-0.39, 0.29) is 11.3 Å². The van der Waals surface area contributed by atoms with Crippen LogP contribution in [0, 0.1) is 0 Å². The number of nitrogens with zero attached hydrogens (tertiary/aromatic N) is 2. The number of oxime groups is 1. The molecule has 1 aliphatic rings. The molecule has 2 heterocycles. The van der Waals surface area contributed by atoms with Crippen LogP contribution in [0.2, 0.25) is 0 Å². The van der Waals surface area contributed by atoms with E-state index in [0.717, 1.165) is 25.2 Å². The van der Waals surface area contributed by atoms with Gasteiger partial charge in [-0.05, 0) is 43.6 Å². The van der Waals surface area contributed by atoms with E-state index in [4.69, 9.17) is 4.42 Å². The second-order valence-corrected chi connectivity index (χ2v) is 7.78. The summed E-state index contributed by atoms with van der Waals surface area (Å²) in [6, 6.07) is 16.4. The normalized spacial score (nSPS) is 16.2. The third kappa shape index (κ3) is 4.24. The lowest BCUT2D eigenvalue weighted by atomic mass is 9.86. The zero-order valence-corrected chi connectivity index (χ0v) is 16.8. The van der Waals surface area contributed by atoms with Crippen molar-refractivity contribution in [2.45, 2.75) is 31.6 Å². The SMILES string of the molecule is O=c1oc2ccccc2c(O)c1[C@@H](C/C(CCN1CCCC1)=N/O)c1ccccc1. The molecular formula is C24H26N2O4. The van der Waals surface area contributed by atoms with Crippen LogP contribution < -0.4 is 5.63 Å². The first-order valence-electron chi connectivity index (χ1n) is 10.4. The van der Waals surface area contributed by atoms with E-state index in [2.05, 4.69) is 10.1 Å². The molecule has 0 radical (unpaired) electrons. The molecule has 6 nitrogen and oxygen atoms in total. The number of fused-ring (bicyclic) bond motifs is 1. The molecule has 0 bridgehead atoms. The fourth-order valence-corrected chi connectivity index (χ4v) is 4.25. The molecule has 0 amide bonds. The summed E-state index contributed by atoms with van der Waals surface area (Å²) in [5.41, 5.74) is 1.43. The third-order valence-electron chi connectivity index (χ3n) is 5.87. The average molecular weight is 406 g/mol. The van der Waals surface area contributed by atoms with Gasteiger partial charge in [-0.15, -0.1) is 0 Å². The van der Waals surface area contributed by atoms with Gasteiger partial charge in [0.15, 0.2) is 0 Å². The van der Waals surface area contributed by atoms with Crippen molar-refractivity contribution in [2.75, 3.05) is 19.6 Å². The maximum atomic E-state index is 12.9. The van der Waals surface area contributed by atoms with Gasteiger partial charge in [0.2, 0.25) is 0 Å². The van der Waals surface area contributed by atoms with Crippen LogP contribution >= 0.6 is 0 Å². The molecule has 0 unspecified atom stereocenters. The zero-order valence-electron chi connectivity index (χ0n) is 16.8. The Morgan fingerprint density at radius 2 is 1.77 bits per heavy atom. The Balaban J connectivity index is 1.70. The van der Waals surface area contributed by atoms with Gasteiger partial charge in [-0.2, -0.15) is 0 Å². The summed E-state index contributed by atoms with van der Waals surface area (Å²) in [6.07, 6.45) is 3.33. The molecule has 2 aromatic carbocycles. The fraction of sp³-hybridized carbons (Fsp3) is 0.333. The van der Waals surface area contributed by atoms with Gasteiger partial charge in [-0.1, -0.05) is 47.6 Å². The monoisotopic (exact) mass is 406 g/mol. The molecule has 1 atom stereocenters. The predicted molar refractivity (Wildman–Crippen MR) is 117 cm³/mol. The number of aromatic hydroxyl groups is 1. The van der Waals surface area contributed by atoms with E-state index in [1.807, 2.05) is 30.3 Å².